The lowest BCUT2D eigenvalue weighted by Crippen LogP contribution is -1.96. The first-order chi connectivity index (χ1) is 6.13. The van der Waals surface area contributed by atoms with Crippen LogP contribution in [0.4, 0.5) is 0 Å². The largest absolute Gasteiger partial charge is 0.481 e. The van der Waals surface area contributed by atoms with Crippen LogP contribution < -0.4 is 0 Å². The third-order valence-corrected chi connectivity index (χ3v) is 3.17. The lowest BCUT2D eigenvalue weighted by atomic mass is 10.3. The molecule has 13 heavy (non-hydrogen) atoms. The minimum Gasteiger partial charge on any atom is -0.481 e. The molecule has 72 valence electrons. The second-order valence-corrected chi connectivity index (χ2v) is 4.03. The normalized spacial score (nSPS) is 10.3. The highest BCUT2D eigenvalue weighted by molar-refractivity contribution is 7.11. The second-order valence-electron chi connectivity index (χ2n) is 2.86. The van der Waals surface area contributed by atoms with Crippen LogP contribution in [0, 0.1) is 6.92 Å². The predicted molar refractivity (Wildman–Crippen MR) is 52.2 cm³/mol. The molecule has 0 spiro atoms. The van der Waals surface area contributed by atoms with Crippen molar-refractivity contribution in [3.8, 4) is 0 Å². The number of aromatic nitrogens is 1. The molecule has 0 bridgehead atoms. The van der Waals surface area contributed by atoms with Crippen molar-refractivity contribution in [2.45, 2.75) is 33.1 Å². The van der Waals surface area contributed by atoms with Gasteiger partial charge >= 0.3 is 5.97 Å². The van der Waals surface area contributed by atoms with Gasteiger partial charge in [-0.15, -0.1) is 11.3 Å². The van der Waals surface area contributed by atoms with E-state index in [1.165, 1.54) is 4.88 Å². The van der Waals surface area contributed by atoms with Gasteiger partial charge < -0.3 is 5.11 Å². The van der Waals surface area contributed by atoms with Crippen molar-refractivity contribution in [3.05, 3.63) is 15.6 Å². The molecule has 0 aliphatic carbocycles. The summed E-state index contributed by atoms with van der Waals surface area (Å²) in [4.78, 5) is 15.9. The van der Waals surface area contributed by atoms with Gasteiger partial charge in [0.2, 0.25) is 0 Å². The molecule has 3 nitrogen and oxygen atoms in total. The zero-order valence-corrected chi connectivity index (χ0v) is 8.65. The van der Waals surface area contributed by atoms with Crippen LogP contribution in [-0.2, 0) is 17.6 Å². The Balaban J connectivity index is 2.62. The molecule has 0 fully saturated rings. The standard InChI is InChI=1S/C9H13NO2S/c1-3-7-6(2)10-8(13-7)4-5-9(11)12/h3-5H2,1-2H3,(H,11,12). The quantitative estimate of drug-likeness (QED) is 0.807. The summed E-state index contributed by atoms with van der Waals surface area (Å²) in [6, 6.07) is 0. The van der Waals surface area contributed by atoms with Crippen molar-refractivity contribution in [1.82, 2.24) is 4.98 Å². The smallest absolute Gasteiger partial charge is 0.303 e. The molecule has 0 atom stereocenters. The summed E-state index contributed by atoms with van der Waals surface area (Å²) >= 11 is 1.63. The third kappa shape index (κ3) is 2.81. The first kappa shape index (κ1) is 10.2. The van der Waals surface area contributed by atoms with Crippen molar-refractivity contribution in [2.75, 3.05) is 0 Å². The highest BCUT2D eigenvalue weighted by Gasteiger charge is 2.06. The zero-order chi connectivity index (χ0) is 9.84. The molecule has 1 aromatic heterocycles. The Labute approximate surface area is 81.4 Å². The van der Waals surface area contributed by atoms with Crippen LogP contribution >= 0.6 is 11.3 Å². The van der Waals surface area contributed by atoms with Crippen molar-refractivity contribution >= 4 is 17.3 Å². The molecule has 0 saturated heterocycles. The Morgan fingerprint density at radius 1 is 1.62 bits per heavy atom. The number of hydrogen-bond acceptors (Lipinski definition) is 3. The number of carboxylic acids is 1. The molecule has 1 aromatic rings. The van der Waals surface area contributed by atoms with E-state index in [0.717, 1.165) is 17.1 Å². The Hall–Kier alpha value is -0.900. The molecular weight excluding hydrogens is 186 g/mol. The molecule has 0 aliphatic rings. The van der Waals surface area contributed by atoms with E-state index in [0.29, 0.717) is 6.42 Å². The van der Waals surface area contributed by atoms with Crippen molar-refractivity contribution in [3.63, 3.8) is 0 Å². The Morgan fingerprint density at radius 3 is 2.77 bits per heavy atom. The molecule has 0 amide bonds. The zero-order valence-electron chi connectivity index (χ0n) is 7.83. The summed E-state index contributed by atoms with van der Waals surface area (Å²) in [5.74, 6) is -0.758. The van der Waals surface area contributed by atoms with E-state index in [-0.39, 0.29) is 6.42 Å². The Morgan fingerprint density at radius 2 is 2.31 bits per heavy atom. The van der Waals surface area contributed by atoms with E-state index in [4.69, 9.17) is 5.11 Å². The molecular formula is C9H13NO2S. The van der Waals surface area contributed by atoms with Crippen LogP contribution in [0.2, 0.25) is 0 Å². The maximum Gasteiger partial charge on any atom is 0.303 e. The summed E-state index contributed by atoms with van der Waals surface area (Å²) in [6.07, 6.45) is 1.72. The number of thiazole rings is 1. The van der Waals surface area contributed by atoms with Crippen LogP contribution in [0.5, 0.6) is 0 Å². The van der Waals surface area contributed by atoms with Crippen molar-refractivity contribution in [1.29, 1.82) is 0 Å². The molecule has 1 heterocycles. The minimum atomic E-state index is -0.758. The Kier molecular flexibility index (Phi) is 3.42. The molecule has 0 radical (unpaired) electrons. The number of rotatable bonds is 4. The highest BCUT2D eigenvalue weighted by atomic mass is 32.1. The minimum absolute atomic E-state index is 0.177. The maximum atomic E-state index is 10.3. The fourth-order valence-corrected chi connectivity index (χ4v) is 2.15. The average molecular weight is 199 g/mol. The van der Waals surface area contributed by atoms with Crippen LogP contribution in [0.15, 0.2) is 0 Å². The number of aryl methyl sites for hydroxylation is 3. The van der Waals surface area contributed by atoms with E-state index in [1.54, 1.807) is 11.3 Å². The highest BCUT2D eigenvalue weighted by Crippen LogP contribution is 2.19. The number of hydrogen-bond donors (Lipinski definition) is 1. The van der Waals surface area contributed by atoms with Crippen LogP contribution in [0.3, 0.4) is 0 Å². The maximum absolute atomic E-state index is 10.3. The average Bonchev–Trinajstić information content (AvgIpc) is 2.43. The van der Waals surface area contributed by atoms with Gasteiger partial charge in [-0.25, -0.2) is 4.98 Å². The second kappa shape index (κ2) is 4.37. The van der Waals surface area contributed by atoms with E-state index in [9.17, 15) is 4.79 Å². The van der Waals surface area contributed by atoms with Gasteiger partial charge in [0.1, 0.15) is 0 Å². The number of nitrogens with zero attached hydrogens (tertiary/aromatic N) is 1. The fourth-order valence-electron chi connectivity index (χ4n) is 1.14. The number of aliphatic carboxylic acids is 1. The van der Waals surface area contributed by atoms with Crippen LogP contribution in [0.25, 0.3) is 0 Å². The van der Waals surface area contributed by atoms with Gasteiger partial charge in [-0.05, 0) is 13.3 Å². The predicted octanol–water partition coefficient (Wildman–Crippen LogP) is 2.03. The SMILES string of the molecule is CCc1sc(CCC(=O)O)nc1C. The van der Waals surface area contributed by atoms with Gasteiger partial charge in [0.15, 0.2) is 0 Å². The lowest BCUT2D eigenvalue weighted by Gasteiger charge is -1.89. The Bertz CT molecular complexity index is 307. The number of carboxylic acid groups (broad SMARTS) is 1. The molecule has 0 unspecified atom stereocenters. The fraction of sp³-hybridized carbons (Fsp3) is 0.556. The van der Waals surface area contributed by atoms with Gasteiger partial charge in [-0.1, -0.05) is 6.92 Å². The topological polar surface area (TPSA) is 50.2 Å². The van der Waals surface area contributed by atoms with E-state index in [2.05, 4.69) is 11.9 Å². The molecule has 1 N–H and O–H groups in total. The summed E-state index contributed by atoms with van der Waals surface area (Å²) in [5, 5.41) is 9.43. The molecule has 0 saturated carbocycles. The molecule has 0 aliphatic heterocycles. The van der Waals surface area contributed by atoms with E-state index in [1.807, 2.05) is 6.92 Å². The van der Waals surface area contributed by atoms with Gasteiger partial charge in [0.05, 0.1) is 17.1 Å². The van der Waals surface area contributed by atoms with Gasteiger partial charge in [0, 0.05) is 11.3 Å². The molecule has 0 aromatic carbocycles. The van der Waals surface area contributed by atoms with E-state index < -0.39 is 5.97 Å². The molecule has 4 heteroatoms. The summed E-state index contributed by atoms with van der Waals surface area (Å²) < 4.78 is 0. The molecule has 1 rings (SSSR count). The summed E-state index contributed by atoms with van der Waals surface area (Å²) in [7, 11) is 0. The van der Waals surface area contributed by atoms with Crippen LogP contribution in [-0.4, -0.2) is 16.1 Å². The van der Waals surface area contributed by atoms with Crippen molar-refractivity contribution < 1.29 is 9.90 Å². The monoisotopic (exact) mass is 199 g/mol. The summed E-state index contributed by atoms with van der Waals surface area (Å²) in [5.41, 5.74) is 1.05. The number of carbonyl (C=O) groups is 1. The summed E-state index contributed by atoms with van der Waals surface area (Å²) in [6.45, 7) is 4.06. The van der Waals surface area contributed by atoms with Crippen LogP contribution in [0.1, 0.15) is 28.9 Å². The third-order valence-electron chi connectivity index (χ3n) is 1.81. The van der Waals surface area contributed by atoms with Gasteiger partial charge in [-0.3, -0.25) is 4.79 Å². The van der Waals surface area contributed by atoms with Gasteiger partial charge in [0.25, 0.3) is 0 Å². The first-order valence-electron chi connectivity index (χ1n) is 4.30. The van der Waals surface area contributed by atoms with Gasteiger partial charge in [-0.2, -0.15) is 0 Å². The lowest BCUT2D eigenvalue weighted by molar-refractivity contribution is -0.136. The van der Waals surface area contributed by atoms with Crippen molar-refractivity contribution in [2.24, 2.45) is 0 Å². The first-order valence-corrected chi connectivity index (χ1v) is 5.12. The van der Waals surface area contributed by atoms with E-state index >= 15 is 0 Å².